The summed E-state index contributed by atoms with van der Waals surface area (Å²) in [6.07, 6.45) is 3.34. The van der Waals surface area contributed by atoms with Crippen LogP contribution in [0.15, 0.2) is 90.8 Å². The minimum atomic E-state index is -0.615. The molecule has 2 N–H and O–H groups in total. The number of hydrogen-bond acceptors (Lipinski definition) is 3. The van der Waals surface area contributed by atoms with Gasteiger partial charge in [0.1, 0.15) is 18.1 Å². The molecule has 0 aliphatic carbocycles. The summed E-state index contributed by atoms with van der Waals surface area (Å²) >= 11 is 0. The highest BCUT2D eigenvalue weighted by atomic mass is 19.1. The van der Waals surface area contributed by atoms with E-state index in [4.69, 9.17) is 0 Å². The number of imide groups is 1. The Morgan fingerprint density at radius 2 is 1.66 bits per heavy atom. The van der Waals surface area contributed by atoms with Crippen molar-refractivity contribution in [3.63, 3.8) is 0 Å². The number of urea groups is 1. The monoisotopic (exact) mass is 468 g/mol. The average molecular weight is 468 g/mol. The first-order valence-electron chi connectivity index (χ1n) is 11.0. The third kappa shape index (κ3) is 4.54. The first-order chi connectivity index (χ1) is 17.0. The molecule has 0 bridgehead atoms. The Labute approximate surface area is 200 Å². The fourth-order valence-electron chi connectivity index (χ4n) is 4.07. The zero-order valence-electron chi connectivity index (χ0n) is 18.6. The smallest absolute Gasteiger partial charge is 0.329 e. The maximum atomic E-state index is 14.0. The van der Waals surface area contributed by atoms with Crippen LogP contribution in [0.25, 0.3) is 17.0 Å². The molecule has 1 saturated heterocycles. The highest BCUT2D eigenvalue weighted by molar-refractivity contribution is 6.14. The van der Waals surface area contributed by atoms with Crippen molar-refractivity contribution in [2.24, 2.45) is 0 Å². The van der Waals surface area contributed by atoms with E-state index < -0.39 is 17.8 Å². The number of benzene rings is 3. The van der Waals surface area contributed by atoms with Gasteiger partial charge >= 0.3 is 6.03 Å². The van der Waals surface area contributed by atoms with Crippen LogP contribution >= 0.6 is 0 Å². The third-order valence-corrected chi connectivity index (χ3v) is 5.74. The van der Waals surface area contributed by atoms with Gasteiger partial charge in [-0.25, -0.2) is 9.18 Å². The van der Waals surface area contributed by atoms with Gasteiger partial charge in [-0.15, -0.1) is 0 Å². The van der Waals surface area contributed by atoms with Gasteiger partial charge in [0.15, 0.2) is 0 Å². The quantitative estimate of drug-likeness (QED) is 0.323. The van der Waals surface area contributed by atoms with E-state index >= 15 is 0 Å². The zero-order valence-corrected chi connectivity index (χ0v) is 18.6. The summed E-state index contributed by atoms with van der Waals surface area (Å²) in [5, 5.41) is 6.26. The molecule has 2 heterocycles. The Kier molecular flexibility index (Phi) is 5.85. The number of nitrogens with zero attached hydrogens (tertiary/aromatic N) is 2. The van der Waals surface area contributed by atoms with E-state index in [1.165, 1.54) is 12.1 Å². The Morgan fingerprint density at radius 3 is 2.46 bits per heavy atom. The molecule has 4 amide bonds. The second-order valence-electron chi connectivity index (χ2n) is 8.11. The molecular weight excluding hydrogens is 447 g/mol. The first kappa shape index (κ1) is 22.1. The first-order valence-corrected chi connectivity index (χ1v) is 11.0. The van der Waals surface area contributed by atoms with Crippen LogP contribution in [-0.4, -0.2) is 27.3 Å². The fourth-order valence-corrected chi connectivity index (χ4v) is 4.07. The minimum absolute atomic E-state index is 0.0678. The SMILES string of the molecule is O=C(Cn1cc(/C=C2/NC(=O)N(Cc3ccccc3F)C2=O)c2ccccc21)Nc1ccccc1. The van der Waals surface area contributed by atoms with Crippen molar-refractivity contribution in [3.05, 3.63) is 108 Å². The number of carbonyl (C=O) groups is 3. The topological polar surface area (TPSA) is 83.4 Å². The van der Waals surface area contributed by atoms with Crippen LogP contribution in [0, 0.1) is 5.82 Å². The number of anilines is 1. The molecule has 0 unspecified atom stereocenters. The van der Waals surface area contributed by atoms with Crippen LogP contribution in [0.3, 0.4) is 0 Å². The molecule has 1 aliphatic rings. The van der Waals surface area contributed by atoms with E-state index in [2.05, 4.69) is 10.6 Å². The lowest BCUT2D eigenvalue weighted by atomic mass is 10.1. The van der Waals surface area contributed by atoms with Gasteiger partial charge < -0.3 is 15.2 Å². The number of rotatable bonds is 6. The summed E-state index contributed by atoms with van der Waals surface area (Å²) in [4.78, 5) is 39.0. The number of amides is 4. The molecule has 4 aromatic rings. The van der Waals surface area contributed by atoms with Gasteiger partial charge in [0, 0.05) is 33.9 Å². The molecule has 1 aliphatic heterocycles. The maximum Gasteiger partial charge on any atom is 0.329 e. The van der Waals surface area contributed by atoms with E-state index in [1.54, 1.807) is 29.0 Å². The van der Waals surface area contributed by atoms with E-state index in [-0.39, 0.29) is 30.3 Å². The van der Waals surface area contributed by atoms with E-state index in [0.29, 0.717) is 11.3 Å². The normalized spacial score (nSPS) is 14.5. The van der Waals surface area contributed by atoms with Crippen molar-refractivity contribution >= 4 is 40.5 Å². The Balaban J connectivity index is 1.40. The molecule has 0 saturated carbocycles. The Hall–Kier alpha value is -4.72. The molecule has 0 spiro atoms. The van der Waals surface area contributed by atoms with Crippen molar-refractivity contribution < 1.29 is 18.8 Å². The van der Waals surface area contributed by atoms with Gasteiger partial charge in [0.2, 0.25) is 5.91 Å². The summed E-state index contributed by atoms with van der Waals surface area (Å²) in [5.74, 6) is -1.23. The number of aromatic nitrogens is 1. The number of nitrogens with one attached hydrogen (secondary N) is 2. The van der Waals surface area contributed by atoms with Crippen LogP contribution in [0.1, 0.15) is 11.1 Å². The predicted molar refractivity (Wildman–Crippen MR) is 130 cm³/mol. The molecule has 1 aromatic heterocycles. The largest absolute Gasteiger partial charge is 0.337 e. The Bertz CT molecular complexity index is 1480. The highest BCUT2D eigenvalue weighted by Crippen LogP contribution is 2.25. The standard InChI is InChI=1S/C27H21FN4O3/c28-22-12-6-4-8-18(22)16-32-26(34)23(30-27(32)35)14-19-15-31(24-13-7-5-11-21(19)24)17-25(33)29-20-9-2-1-3-10-20/h1-15H,16-17H2,(H,29,33)(H,30,35)/b23-14+. The fraction of sp³-hybridized carbons (Fsp3) is 0.0741. The minimum Gasteiger partial charge on any atom is -0.337 e. The summed E-state index contributed by atoms with van der Waals surface area (Å²) in [6.45, 7) is -0.103. The summed E-state index contributed by atoms with van der Waals surface area (Å²) in [5.41, 5.74) is 2.51. The van der Waals surface area contributed by atoms with Crippen molar-refractivity contribution in [3.8, 4) is 0 Å². The number of hydrogen-bond donors (Lipinski definition) is 2. The summed E-state index contributed by atoms with van der Waals surface area (Å²) in [7, 11) is 0. The lowest BCUT2D eigenvalue weighted by molar-refractivity contribution is -0.123. The number of para-hydroxylation sites is 2. The van der Waals surface area contributed by atoms with Crippen LogP contribution in [0.2, 0.25) is 0 Å². The second kappa shape index (κ2) is 9.26. The highest BCUT2D eigenvalue weighted by Gasteiger charge is 2.34. The molecule has 0 atom stereocenters. The van der Waals surface area contributed by atoms with Gasteiger partial charge in [-0.1, -0.05) is 54.6 Å². The summed E-state index contributed by atoms with van der Waals surface area (Å²) in [6, 6.07) is 22.1. The third-order valence-electron chi connectivity index (χ3n) is 5.74. The Morgan fingerprint density at radius 1 is 0.943 bits per heavy atom. The molecular formula is C27H21FN4O3. The van der Waals surface area contributed by atoms with E-state index in [0.717, 1.165) is 15.8 Å². The van der Waals surface area contributed by atoms with Gasteiger partial charge in [0.05, 0.1) is 6.54 Å². The lowest BCUT2D eigenvalue weighted by Crippen LogP contribution is -2.30. The van der Waals surface area contributed by atoms with Crippen LogP contribution in [0.4, 0.5) is 14.9 Å². The second-order valence-corrected chi connectivity index (χ2v) is 8.11. The van der Waals surface area contributed by atoms with Crippen LogP contribution < -0.4 is 10.6 Å². The van der Waals surface area contributed by atoms with Crippen molar-refractivity contribution in [2.45, 2.75) is 13.1 Å². The number of carbonyl (C=O) groups excluding carboxylic acids is 3. The molecule has 0 radical (unpaired) electrons. The predicted octanol–water partition coefficient (Wildman–Crippen LogP) is 4.51. The van der Waals surface area contributed by atoms with Gasteiger partial charge in [-0.3, -0.25) is 14.5 Å². The maximum absolute atomic E-state index is 14.0. The van der Waals surface area contributed by atoms with Crippen molar-refractivity contribution in [2.75, 3.05) is 5.32 Å². The molecule has 7 nitrogen and oxygen atoms in total. The van der Waals surface area contributed by atoms with Gasteiger partial charge in [-0.05, 0) is 30.3 Å². The van der Waals surface area contributed by atoms with Gasteiger partial charge in [0.25, 0.3) is 5.91 Å². The van der Waals surface area contributed by atoms with E-state index in [1.807, 2.05) is 54.6 Å². The zero-order chi connectivity index (χ0) is 24.4. The molecule has 35 heavy (non-hydrogen) atoms. The van der Waals surface area contributed by atoms with Crippen molar-refractivity contribution in [1.29, 1.82) is 0 Å². The average Bonchev–Trinajstić information content (AvgIpc) is 3.33. The molecule has 1 fully saturated rings. The number of halogens is 1. The molecule has 3 aromatic carbocycles. The lowest BCUT2D eigenvalue weighted by Gasteiger charge is -2.12. The number of fused-ring (bicyclic) bond motifs is 1. The van der Waals surface area contributed by atoms with Gasteiger partial charge in [-0.2, -0.15) is 0 Å². The molecule has 174 valence electrons. The van der Waals surface area contributed by atoms with E-state index in [9.17, 15) is 18.8 Å². The summed E-state index contributed by atoms with van der Waals surface area (Å²) < 4.78 is 15.8. The molecule has 8 heteroatoms. The molecule has 5 rings (SSSR count). The van der Waals surface area contributed by atoms with Crippen LogP contribution in [0.5, 0.6) is 0 Å². The van der Waals surface area contributed by atoms with Crippen LogP contribution in [-0.2, 0) is 22.7 Å². The van der Waals surface area contributed by atoms with Crippen molar-refractivity contribution in [1.82, 2.24) is 14.8 Å².